The molecule has 1 saturated heterocycles. The van der Waals surface area contributed by atoms with Crippen molar-refractivity contribution in [2.24, 2.45) is 0 Å². The first-order valence-electron chi connectivity index (χ1n) is 8.86. The van der Waals surface area contributed by atoms with Crippen molar-refractivity contribution in [1.29, 1.82) is 0 Å². The van der Waals surface area contributed by atoms with E-state index in [2.05, 4.69) is 5.32 Å². The van der Waals surface area contributed by atoms with E-state index < -0.39 is 10.0 Å². The van der Waals surface area contributed by atoms with Crippen LogP contribution in [0.4, 0.5) is 5.69 Å². The maximum Gasteiger partial charge on any atom is 0.243 e. The fourth-order valence-electron chi connectivity index (χ4n) is 3.04. The number of nitrogens with one attached hydrogen (secondary N) is 1. The van der Waals surface area contributed by atoms with E-state index in [0.29, 0.717) is 29.9 Å². The van der Waals surface area contributed by atoms with Gasteiger partial charge >= 0.3 is 0 Å². The first kappa shape index (κ1) is 19.3. The number of sulfonamides is 1. The normalized spacial score (nSPS) is 14.9. The highest BCUT2D eigenvalue weighted by Crippen LogP contribution is 2.22. The number of anilines is 1. The molecule has 2 aromatic rings. The van der Waals surface area contributed by atoms with Crippen LogP contribution in [-0.4, -0.2) is 43.9 Å². The van der Waals surface area contributed by atoms with E-state index in [1.807, 2.05) is 0 Å². The second-order valence-electron chi connectivity index (χ2n) is 6.55. The second kappa shape index (κ2) is 8.02. The summed E-state index contributed by atoms with van der Waals surface area (Å²) in [7, 11) is -3.55. The predicted molar refractivity (Wildman–Crippen MR) is 104 cm³/mol. The molecule has 6 nitrogen and oxygen atoms in total. The van der Waals surface area contributed by atoms with Crippen LogP contribution in [0.15, 0.2) is 53.4 Å². The molecule has 0 bridgehead atoms. The van der Waals surface area contributed by atoms with Gasteiger partial charge in [-0.05, 0) is 44.0 Å². The van der Waals surface area contributed by atoms with Crippen molar-refractivity contribution in [3.05, 3.63) is 59.7 Å². The third-order valence-corrected chi connectivity index (χ3v) is 6.48. The molecule has 0 saturated carbocycles. The summed E-state index contributed by atoms with van der Waals surface area (Å²) in [5.41, 5.74) is 1.56. The zero-order chi connectivity index (χ0) is 19.4. The van der Waals surface area contributed by atoms with E-state index in [4.69, 9.17) is 0 Å². The zero-order valence-corrected chi connectivity index (χ0v) is 16.0. The van der Waals surface area contributed by atoms with Gasteiger partial charge in [0.25, 0.3) is 0 Å². The molecule has 7 heteroatoms. The SMILES string of the molecule is CC(=O)c1cccc(NCC(=O)c2cccc(S(=O)(=O)N3CCCC3)c2)c1. The molecule has 1 aliphatic heterocycles. The highest BCUT2D eigenvalue weighted by Gasteiger charge is 2.27. The number of benzene rings is 2. The maximum atomic E-state index is 12.7. The van der Waals surface area contributed by atoms with Gasteiger partial charge in [-0.1, -0.05) is 24.3 Å². The molecule has 0 atom stereocenters. The minimum atomic E-state index is -3.55. The summed E-state index contributed by atoms with van der Waals surface area (Å²) < 4.78 is 26.8. The second-order valence-corrected chi connectivity index (χ2v) is 8.49. The van der Waals surface area contributed by atoms with Crippen LogP contribution in [0.3, 0.4) is 0 Å². The Kier molecular flexibility index (Phi) is 5.72. The van der Waals surface area contributed by atoms with Gasteiger partial charge in [-0.15, -0.1) is 0 Å². The Bertz CT molecular complexity index is 963. The smallest absolute Gasteiger partial charge is 0.243 e. The van der Waals surface area contributed by atoms with E-state index in [1.54, 1.807) is 36.4 Å². The molecule has 1 fully saturated rings. The van der Waals surface area contributed by atoms with Crippen LogP contribution < -0.4 is 5.32 Å². The quantitative estimate of drug-likeness (QED) is 0.740. The minimum Gasteiger partial charge on any atom is -0.378 e. The largest absolute Gasteiger partial charge is 0.378 e. The van der Waals surface area contributed by atoms with Gasteiger partial charge in [0.1, 0.15) is 0 Å². The summed E-state index contributed by atoms with van der Waals surface area (Å²) in [6.45, 7) is 2.54. The highest BCUT2D eigenvalue weighted by molar-refractivity contribution is 7.89. The summed E-state index contributed by atoms with van der Waals surface area (Å²) in [5, 5.41) is 2.99. The van der Waals surface area contributed by atoms with Gasteiger partial charge in [-0.3, -0.25) is 9.59 Å². The number of Topliss-reactive ketones (excluding diaryl/α,β-unsaturated/α-hetero) is 2. The molecule has 142 valence electrons. The molecule has 0 radical (unpaired) electrons. The molecule has 2 aromatic carbocycles. The average molecular weight is 386 g/mol. The van der Waals surface area contributed by atoms with Gasteiger partial charge in [0.2, 0.25) is 10.0 Å². The Morgan fingerprint density at radius 1 is 1.00 bits per heavy atom. The lowest BCUT2D eigenvalue weighted by Crippen LogP contribution is -2.28. The molecule has 0 aliphatic carbocycles. The summed E-state index contributed by atoms with van der Waals surface area (Å²) in [6.07, 6.45) is 1.72. The average Bonchev–Trinajstić information content (AvgIpc) is 3.22. The fraction of sp³-hybridized carbons (Fsp3) is 0.300. The van der Waals surface area contributed by atoms with Crippen molar-refractivity contribution in [2.75, 3.05) is 25.0 Å². The third-order valence-electron chi connectivity index (χ3n) is 4.58. The van der Waals surface area contributed by atoms with Gasteiger partial charge in [-0.2, -0.15) is 4.31 Å². The highest BCUT2D eigenvalue weighted by atomic mass is 32.2. The molecule has 0 unspecified atom stereocenters. The Labute approximate surface area is 159 Å². The molecule has 1 N–H and O–H groups in total. The van der Waals surface area contributed by atoms with E-state index in [0.717, 1.165) is 12.8 Å². The van der Waals surface area contributed by atoms with Crippen LogP contribution in [0.1, 0.15) is 40.5 Å². The topological polar surface area (TPSA) is 83.5 Å². The summed E-state index contributed by atoms with van der Waals surface area (Å²) in [6, 6.07) is 13.1. The number of carbonyl (C=O) groups is 2. The molecular weight excluding hydrogens is 364 g/mol. The van der Waals surface area contributed by atoms with Gasteiger partial charge < -0.3 is 5.32 Å². The molecule has 0 spiro atoms. The number of rotatable bonds is 7. The van der Waals surface area contributed by atoms with Gasteiger partial charge in [0.05, 0.1) is 11.4 Å². The Hall–Kier alpha value is -2.51. The number of nitrogens with zero attached hydrogens (tertiary/aromatic N) is 1. The monoisotopic (exact) mass is 386 g/mol. The summed E-state index contributed by atoms with van der Waals surface area (Å²) >= 11 is 0. The molecule has 1 heterocycles. The van der Waals surface area contributed by atoms with E-state index in [1.165, 1.54) is 23.4 Å². The van der Waals surface area contributed by atoms with Crippen LogP contribution in [0.5, 0.6) is 0 Å². The third kappa shape index (κ3) is 4.43. The van der Waals surface area contributed by atoms with Crippen molar-refractivity contribution in [3.8, 4) is 0 Å². The van der Waals surface area contributed by atoms with E-state index >= 15 is 0 Å². The minimum absolute atomic E-state index is 0.00851. The number of ketones is 2. The van der Waals surface area contributed by atoms with Crippen molar-refractivity contribution in [1.82, 2.24) is 4.31 Å². The zero-order valence-electron chi connectivity index (χ0n) is 15.1. The lowest BCUT2D eigenvalue weighted by molar-refractivity contribution is 0.100. The van der Waals surface area contributed by atoms with E-state index in [9.17, 15) is 18.0 Å². The Morgan fingerprint density at radius 2 is 1.67 bits per heavy atom. The lowest BCUT2D eigenvalue weighted by Gasteiger charge is -2.16. The molecule has 1 aliphatic rings. The predicted octanol–water partition coefficient (Wildman–Crippen LogP) is 2.97. The van der Waals surface area contributed by atoms with E-state index in [-0.39, 0.29) is 23.0 Å². The van der Waals surface area contributed by atoms with Crippen LogP contribution in [0.25, 0.3) is 0 Å². The van der Waals surface area contributed by atoms with Crippen LogP contribution in [0, 0.1) is 0 Å². The first-order chi connectivity index (χ1) is 12.9. The lowest BCUT2D eigenvalue weighted by atomic mass is 10.1. The number of hydrogen-bond donors (Lipinski definition) is 1. The molecule has 0 amide bonds. The molecular formula is C20H22N2O4S. The number of carbonyl (C=O) groups excluding carboxylic acids is 2. The first-order valence-corrected chi connectivity index (χ1v) is 10.3. The Morgan fingerprint density at radius 3 is 2.37 bits per heavy atom. The van der Waals surface area contributed by atoms with Crippen molar-refractivity contribution in [3.63, 3.8) is 0 Å². The number of hydrogen-bond acceptors (Lipinski definition) is 5. The van der Waals surface area contributed by atoms with Crippen molar-refractivity contribution in [2.45, 2.75) is 24.7 Å². The molecule has 3 rings (SSSR count). The fourth-order valence-corrected chi connectivity index (χ4v) is 4.60. The molecule has 27 heavy (non-hydrogen) atoms. The summed E-state index contributed by atoms with van der Waals surface area (Å²) in [4.78, 5) is 24.1. The maximum absolute atomic E-state index is 12.7. The van der Waals surface area contributed by atoms with Crippen molar-refractivity contribution < 1.29 is 18.0 Å². The van der Waals surface area contributed by atoms with Gasteiger partial charge in [0, 0.05) is 29.9 Å². The van der Waals surface area contributed by atoms with Crippen LogP contribution in [0.2, 0.25) is 0 Å². The van der Waals surface area contributed by atoms with Crippen LogP contribution in [-0.2, 0) is 10.0 Å². The molecule has 0 aromatic heterocycles. The van der Waals surface area contributed by atoms with Gasteiger partial charge in [-0.25, -0.2) is 8.42 Å². The van der Waals surface area contributed by atoms with Crippen LogP contribution >= 0.6 is 0 Å². The summed E-state index contributed by atoms with van der Waals surface area (Å²) in [5.74, 6) is -0.272. The van der Waals surface area contributed by atoms with Crippen molar-refractivity contribution >= 4 is 27.3 Å². The Balaban J connectivity index is 1.72. The van der Waals surface area contributed by atoms with Gasteiger partial charge in [0.15, 0.2) is 11.6 Å². The standard InChI is InChI=1S/C20H22N2O4S/c1-15(23)16-6-4-8-18(12-16)21-14-20(24)17-7-5-9-19(13-17)27(25,26)22-10-2-3-11-22/h4-9,12-13,21H,2-3,10-11,14H2,1H3.